The molecule has 0 aromatic heterocycles. The number of hydrogen-bond acceptors (Lipinski definition) is 4. The first kappa shape index (κ1) is 14.5. The van der Waals surface area contributed by atoms with E-state index in [1.54, 1.807) is 18.2 Å². The summed E-state index contributed by atoms with van der Waals surface area (Å²) >= 11 is 3.26. The van der Waals surface area contributed by atoms with Gasteiger partial charge in [0.15, 0.2) is 6.10 Å². The fourth-order valence-electron chi connectivity index (χ4n) is 1.91. The van der Waals surface area contributed by atoms with Crippen molar-refractivity contribution >= 4 is 33.5 Å². The number of aliphatic carboxylic acids is 1. The third kappa shape index (κ3) is 3.15. The molecule has 1 aliphatic heterocycles. The van der Waals surface area contributed by atoms with Crippen LogP contribution in [0.1, 0.15) is 18.4 Å². The average Bonchev–Trinajstić information content (AvgIpc) is 2.91. The van der Waals surface area contributed by atoms with Crippen molar-refractivity contribution < 1.29 is 19.4 Å². The van der Waals surface area contributed by atoms with Gasteiger partial charge in [-0.2, -0.15) is 5.26 Å². The lowest BCUT2D eigenvalue weighted by Gasteiger charge is -2.12. The van der Waals surface area contributed by atoms with E-state index in [0.29, 0.717) is 28.6 Å². The van der Waals surface area contributed by atoms with E-state index in [0.717, 1.165) is 0 Å². The number of nitriles is 1. The molecule has 0 bridgehead atoms. The van der Waals surface area contributed by atoms with Crippen LogP contribution in [-0.4, -0.2) is 29.2 Å². The minimum Gasteiger partial charge on any atom is -0.479 e. The van der Waals surface area contributed by atoms with Crippen LogP contribution >= 0.6 is 15.9 Å². The van der Waals surface area contributed by atoms with Crippen LogP contribution < -0.4 is 5.32 Å². The van der Waals surface area contributed by atoms with E-state index in [2.05, 4.69) is 21.2 Å². The topological polar surface area (TPSA) is 99.4 Å². The summed E-state index contributed by atoms with van der Waals surface area (Å²) in [7, 11) is 0. The van der Waals surface area contributed by atoms with Gasteiger partial charge in [0, 0.05) is 4.47 Å². The maximum Gasteiger partial charge on any atom is 0.332 e. The monoisotopic (exact) mass is 338 g/mol. The first-order chi connectivity index (χ1) is 9.51. The molecule has 1 aromatic carbocycles. The van der Waals surface area contributed by atoms with E-state index >= 15 is 0 Å². The molecular weight excluding hydrogens is 328 g/mol. The highest BCUT2D eigenvalue weighted by Crippen LogP contribution is 2.26. The summed E-state index contributed by atoms with van der Waals surface area (Å²) in [5.74, 6) is -1.45. The van der Waals surface area contributed by atoms with Gasteiger partial charge < -0.3 is 15.2 Å². The molecule has 7 heteroatoms. The predicted octanol–water partition coefficient (Wildman–Crippen LogP) is 1.89. The van der Waals surface area contributed by atoms with Crippen molar-refractivity contribution in [3.05, 3.63) is 28.2 Å². The zero-order valence-corrected chi connectivity index (χ0v) is 11.9. The number of carbonyl (C=O) groups is 2. The van der Waals surface area contributed by atoms with Crippen molar-refractivity contribution in [2.45, 2.75) is 25.0 Å². The Balaban J connectivity index is 2.02. The van der Waals surface area contributed by atoms with Gasteiger partial charge in [-0.15, -0.1) is 0 Å². The van der Waals surface area contributed by atoms with Gasteiger partial charge >= 0.3 is 5.97 Å². The normalized spacial score (nSPS) is 21.2. The molecule has 1 saturated heterocycles. The van der Waals surface area contributed by atoms with Gasteiger partial charge in [0.25, 0.3) is 5.91 Å². The summed E-state index contributed by atoms with van der Waals surface area (Å²) in [6, 6.07) is 6.76. The highest BCUT2D eigenvalue weighted by molar-refractivity contribution is 9.10. The van der Waals surface area contributed by atoms with Crippen molar-refractivity contribution in [3.8, 4) is 6.07 Å². The molecule has 0 aliphatic carbocycles. The summed E-state index contributed by atoms with van der Waals surface area (Å²) in [5.41, 5.74) is 0.981. The lowest BCUT2D eigenvalue weighted by atomic mass is 10.2. The Morgan fingerprint density at radius 2 is 2.10 bits per heavy atom. The summed E-state index contributed by atoms with van der Waals surface area (Å²) in [6.45, 7) is 0. The molecule has 6 nitrogen and oxygen atoms in total. The number of carbonyl (C=O) groups excluding carboxylic acids is 1. The maximum atomic E-state index is 12.0. The number of hydrogen-bond donors (Lipinski definition) is 2. The number of nitrogens with zero attached hydrogens (tertiary/aromatic N) is 1. The molecular formula is C13H11BrN2O4. The molecule has 0 spiro atoms. The third-order valence-electron chi connectivity index (χ3n) is 2.94. The van der Waals surface area contributed by atoms with E-state index in [4.69, 9.17) is 15.1 Å². The maximum absolute atomic E-state index is 12.0. The number of amides is 1. The Kier molecular flexibility index (Phi) is 4.37. The fourth-order valence-corrected chi connectivity index (χ4v) is 2.39. The van der Waals surface area contributed by atoms with Crippen LogP contribution in [0.25, 0.3) is 0 Å². The van der Waals surface area contributed by atoms with Crippen LogP contribution in [0.3, 0.4) is 0 Å². The van der Waals surface area contributed by atoms with Gasteiger partial charge in [0.05, 0.1) is 17.3 Å². The number of carboxylic acids is 1. The number of benzene rings is 1. The highest BCUT2D eigenvalue weighted by Gasteiger charge is 2.34. The summed E-state index contributed by atoms with van der Waals surface area (Å²) < 4.78 is 5.74. The molecule has 0 saturated carbocycles. The number of carboxylic acid groups (broad SMARTS) is 1. The first-order valence-corrected chi connectivity index (χ1v) is 6.69. The second-order valence-electron chi connectivity index (χ2n) is 4.32. The van der Waals surface area contributed by atoms with Gasteiger partial charge in [-0.1, -0.05) is 0 Å². The Morgan fingerprint density at radius 3 is 2.65 bits per heavy atom. The lowest BCUT2D eigenvalue weighted by Crippen LogP contribution is -2.30. The molecule has 1 heterocycles. The molecule has 1 aromatic rings. The molecule has 1 aliphatic rings. The standard InChI is InChI=1S/C13H11BrN2O4/c14-8-5-7(6-15)1-2-9(8)16-12(17)10-3-4-11(20-10)13(18)19/h1-2,5,10-11H,3-4H2,(H,16,17)(H,18,19)/t10-,11+/m0/s1. The van der Waals surface area contributed by atoms with Crippen molar-refractivity contribution in [2.75, 3.05) is 5.32 Å². The van der Waals surface area contributed by atoms with E-state index in [-0.39, 0.29) is 5.91 Å². The van der Waals surface area contributed by atoms with E-state index < -0.39 is 18.2 Å². The van der Waals surface area contributed by atoms with Crippen LogP contribution in [0, 0.1) is 11.3 Å². The molecule has 104 valence electrons. The molecule has 2 atom stereocenters. The van der Waals surface area contributed by atoms with Crippen LogP contribution in [0.4, 0.5) is 5.69 Å². The zero-order chi connectivity index (χ0) is 14.7. The Morgan fingerprint density at radius 1 is 1.40 bits per heavy atom. The highest BCUT2D eigenvalue weighted by atomic mass is 79.9. The fraction of sp³-hybridized carbons (Fsp3) is 0.308. The van der Waals surface area contributed by atoms with Crippen molar-refractivity contribution in [3.63, 3.8) is 0 Å². The number of rotatable bonds is 3. The molecule has 0 unspecified atom stereocenters. The van der Waals surface area contributed by atoms with Gasteiger partial charge in [0.2, 0.25) is 0 Å². The Labute approximate surface area is 123 Å². The van der Waals surface area contributed by atoms with Crippen LogP contribution in [0.15, 0.2) is 22.7 Å². The number of anilines is 1. The minimum absolute atomic E-state index is 0.321. The SMILES string of the molecule is N#Cc1ccc(NC(=O)[C@@H]2CC[C@H](C(=O)O)O2)c(Br)c1. The van der Waals surface area contributed by atoms with Crippen LogP contribution in [0.5, 0.6) is 0 Å². The Hall–Kier alpha value is -1.91. The zero-order valence-electron chi connectivity index (χ0n) is 10.3. The Bertz CT molecular complexity index is 597. The molecule has 0 radical (unpaired) electrons. The quantitative estimate of drug-likeness (QED) is 0.876. The number of halogens is 1. The lowest BCUT2D eigenvalue weighted by molar-refractivity contribution is -0.150. The largest absolute Gasteiger partial charge is 0.479 e. The van der Waals surface area contributed by atoms with Crippen molar-refractivity contribution in [1.29, 1.82) is 5.26 Å². The van der Waals surface area contributed by atoms with E-state index in [9.17, 15) is 9.59 Å². The van der Waals surface area contributed by atoms with Gasteiger partial charge in [-0.3, -0.25) is 4.79 Å². The van der Waals surface area contributed by atoms with Crippen LogP contribution in [0.2, 0.25) is 0 Å². The third-order valence-corrected chi connectivity index (χ3v) is 3.60. The second-order valence-corrected chi connectivity index (χ2v) is 5.18. The number of nitrogens with one attached hydrogen (secondary N) is 1. The number of ether oxygens (including phenoxy) is 1. The molecule has 1 fully saturated rings. The first-order valence-electron chi connectivity index (χ1n) is 5.90. The smallest absolute Gasteiger partial charge is 0.332 e. The van der Waals surface area contributed by atoms with Crippen molar-refractivity contribution in [2.24, 2.45) is 0 Å². The van der Waals surface area contributed by atoms with Gasteiger partial charge in [-0.05, 0) is 47.0 Å². The van der Waals surface area contributed by atoms with Crippen LogP contribution in [-0.2, 0) is 14.3 Å². The molecule has 2 N–H and O–H groups in total. The van der Waals surface area contributed by atoms with Gasteiger partial charge in [-0.25, -0.2) is 4.79 Å². The second kappa shape index (κ2) is 6.03. The molecule has 2 rings (SSSR count). The van der Waals surface area contributed by atoms with Crippen molar-refractivity contribution in [1.82, 2.24) is 0 Å². The summed E-state index contributed by atoms with van der Waals surface area (Å²) in [5, 5.41) is 20.2. The van der Waals surface area contributed by atoms with Gasteiger partial charge in [0.1, 0.15) is 6.10 Å². The molecule has 20 heavy (non-hydrogen) atoms. The molecule has 1 amide bonds. The van der Waals surface area contributed by atoms with E-state index in [1.807, 2.05) is 6.07 Å². The average molecular weight is 339 g/mol. The summed E-state index contributed by atoms with van der Waals surface area (Å²) in [4.78, 5) is 22.7. The minimum atomic E-state index is -1.06. The predicted molar refractivity (Wildman–Crippen MR) is 73.0 cm³/mol. The summed E-state index contributed by atoms with van der Waals surface area (Å²) in [6.07, 6.45) is -0.993. The van der Waals surface area contributed by atoms with E-state index in [1.165, 1.54) is 0 Å².